The van der Waals surface area contributed by atoms with Crippen LogP contribution >= 0.6 is 11.3 Å². The number of ether oxygens (including phenoxy) is 1. The van der Waals surface area contributed by atoms with Crippen LogP contribution in [-0.2, 0) is 13.0 Å². The lowest BCUT2D eigenvalue weighted by Crippen LogP contribution is -1.94. The van der Waals surface area contributed by atoms with E-state index in [9.17, 15) is 4.79 Å². The van der Waals surface area contributed by atoms with Crippen molar-refractivity contribution in [3.8, 4) is 5.75 Å². The molecule has 0 saturated heterocycles. The fourth-order valence-electron chi connectivity index (χ4n) is 2.67. The first kappa shape index (κ1) is 18.2. The van der Waals surface area contributed by atoms with Crippen molar-refractivity contribution in [3.63, 3.8) is 0 Å². The highest BCUT2D eigenvalue weighted by molar-refractivity contribution is 7.14. The number of aryl methyl sites for hydroxylation is 3. The van der Waals surface area contributed by atoms with E-state index in [4.69, 9.17) is 9.15 Å². The molecule has 4 heteroatoms. The number of carbonyl (C=O) groups excluding carboxylic acids is 1. The Balaban J connectivity index is 1.59. The second kappa shape index (κ2) is 8.19. The number of thiophene rings is 1. The average molecular weight is 366 g/mol. The van der Waals surface area contributed by atoms with Crippen molar-refractivity contribution in [3.05, 3.63) is 80.9 Å². The van der Waals surface area contributed by atoms with E-state index >= 15 is 0 Å². The molecule has 2 aromatic heterocycles. The lowest BCUT2D eigenvalue weighted by Gasteiger charge is -2.06. The number of allylic oxidation sites excluding steroid dienone is 1. The molecule has 0 aliphatic carbocycles. The molecule has 0 N–H and O–H groups in total. The van der Waals surface area contributed by atoms with Crippen LogP contribution in [0.5, 0.6) is 5.75 Å². The molecule has 0 saturated carbocycles. The van der Waals surface area contributed by atoms with Gasteiger partial charge in [0.1, 0.15) is 23.9 Å². The number of hydrogen-bond donors (Lipinski definition) is 0. The summed E-state index contributed by atoms with van der Waals surface area (Å²) in [6, 6.07) is 13.7. The highest BCUT2D eigenvalue weighted by Crippen LogP contribution is 2.20. The zero-order valence-corrected chi connectivity index (χ0v) is 16.1. The first-order chi connectivity index (χ1) is 12.5. The van der Waals surface area contributed by atoms with Crippen LogP contribution in [0.15, 0.2) is 53.0 Å². The fourth-order valence-corrected chi connectivity index (χ4v) is 3.54. The van der Waals surface area contributed by atoms with Crippen LogP contribution in [0.2, 0.25) is 0 Å². The Kier molecular flexibility index (Phi) is 5.74. The quantitative estimate of drug-likeness (QED) is 0.380. The average Bonchev–Trinajstić information content (AvgIpc) is 3.26. The predicted octanol–water partition coefficient (Wildman–Crippen LogP) is 6.00. The maximum Gasteiger partial charge on any atom is 0.195 e. The number of rotatable bonds is 7. The molecular formula is C22H22O3S. The van der Waals surface area contributed by atoms with Crippen molar-refractivity contribution < 1.29 is 13.9 Å². The summed E-state index contributed by atoms with van der Waals surface area (Å²) in [5, 5.41) is 0. The minimum Gasteiger partial charge on any atom is -0.486 e. The van der Waals surface area contributed by atoms with Crippen LogP contribution in [0.25, 0.3) is 6.08 Å². The molecule has 0 radical (unpaired) electrons. The minimum atomic E-state index is -0.000800. The minimum absolute atomic E-state index is 0.000800. The summed E-state index contributed by atoms with van der Waals surface area (Å²) in [5.74, 6) is 2.19. The lowest BCUT2D eigenvalue weighted by molar-refractivity contribution is 0.105. The maximum absolute atomic E-state index is 12.2. The number of ketones is 1. The maximum atomic E-state index is 12.2. The molecule has 0 aliphatic heterocycles. The first-order valence-corrected chi connectivity index (χ1v) is 9.46. The monoisotopic (exact) mass is 366 g/mol. The summed E-state index contributed by atoms with van der Waals surface area (Å²) in [4.78, 5) is 14.2. The van der Waals surface area contributed by atoms with Crippen LogP contribution < -0.4 is 4.74 Å². The second-order valence-corrected chi connectivity index (χ2v) is 7.40. The van der Waals surface area contributed by atoms with Gasteiger partial charge >= 0.3 is 0 Å². The summed E-state index contributed by atoms with van der Waals surface area (Å²) in [6.07, 6.45) is 4.20. The molecule has 0 fully saturated rings. The van der Waals surface area contributed by atoms with Gasteiger partial charge in [0, 0.05) is 4.88 Å². The van der Waals surface area contributed by atoms with Crippen LogP contribution in [-0.4, -0.2) is 5.78 Å². The molecule has 1 aromatic carbocycles. The van der Waals surface area contributed by atoms with Gasteiger partial charge in [-0.1, -0.05) is 13.0 Å². The molecule has 0 atom stereocenters. The van der Waals surface area contributed by atoms with Crippen molar-refractivity contribution in [1.82, 2.24) is 0 Å². The fraction of sp³-hybridized carbons (Fsp3) is 0.227. The van der Waals surface area contributed by atoms with Crippen LogP contribution in [0, 0.1) is 13.8 Å². The Morgan fingerprint density at radius 2 is 1.88 bits per heavy atom. The smallest absolute Gasteiger partial charge is 0.195 e. The number of carbonyl (C=O) groups is 1. The van der Waals surface area contributed by atoms with Crippen LogP contribution in [0.4, 0.5) is 0 Å². The van der Waals surface area contributed by atoms with E-state index in [0.29, 0.717) is 12.4 Å². The molecule has 0 aliphatic rings. The number of hydrogen-bond acceptors (Lipinski definition) is 4. The Labute approximate surface area is 157 Å². The number of furan rings is 1. The highest BCUT2D eigenvalue weighted by atomic mass is 32.1. The molecule has 0 unspecified atom stereocenters. The normalized spacial score (nSPS) is 11.2. The molecular weight excluding hydrogens is 344 g/mol. The summed E-state index contributed by atoms with van der Waals surface area (Å²) >= 11 is 1.54. The van der Waals surface area contributed by atoms with Gasteiger partial charge < -0.3 is 9.15 Å². The third-order valence-corrected chi connectivity index (χ3v) is 5.15. The van der Waals surface area contributed by atoms with Gasteiger partial charge in [-0.05, 0) is 79.9 Å². The van der Waals surface area contributed by atoms with Crippen molar-refractivity contribution in [2.75, 3.05) is 0 Å². The number of benzene rings is 1. The van der Waals surface area contributed by atoms with Gasteiger partial charge in [0.05, 0.1) is 4.88 Å². The molecule has 134 valence electrons. The molecule has 2 heterocycles. The van der Waals surface area contributed by atoms with Gasteiger partial charge in [0.25, 0.3) is 0 Å². The van der Waals surface area contributed by atoms with Gasteiger partial charge in [-0.3, -0.25) is 4.79 Å². The van der Waals surface area contributed by atoms with E-state index in [1.54, 1.807) is 12.2 Å². The molecule has 3 nitrogen and oxygen atoms in total. The van der Waals surface area contributed by atoms with Gasteiger partial charge in [0.15, 0.2) is 5.78 Å². The van der Waals surface area contributed by atoms with Crippen LogP contribution in [0.3, 0.4) is 0 Å². The second-order valence-electron chi connectivity index (χ2n) is 6.23. The van der Waals surface area contributed by atoms with Crippen molar-refractivity contribution in [1.29, 1.82) is 0 Å². The molecule has 26 heavy (non-hydrogen) atoms. The Morgan fingerprint density at radius 3 is 2.58 bits per heavy atom. The Hall–Kier alpha value is -2.59. The Bertz CT molecular complexity index is 910. The zero-order chi connectivity index (χ0) is 18.5. The van der Waals surface area contributed by atoms with Crippen LogP contribution in [0.1, 0.15) is 44.1 Å². The van der Waals surface area contributed by atoms with Gasteiger partial charge in [-0.15, -0.1) is 11.3 Å². The van der Waals surface area contributed by atoms with E-state index in [2.05, 4.69) is 13.0 Å². The van der Waals surface area contributed by atoms with E-state index in [-0.39, 0.29) is 5.78 Å². The highest BCUT2D eigenvalue weighted by Gasteiger charge is 2.07. The van der Waals surface area contributed by atoms with Crippen molar-refractivity contribution in [2.45, 2.75) is 33.8 Å². The largest absolute Gasteiger partial charge is 0.486 e. The third-order valence-electron chi connectivity index (χ3n) is 3.91. The van der Waals surface area contributed by atoms with E-state index < -0.39 is 0 Å². The molecule has 3 aromatic rings. The summed E-state index contributed by atoms with van der Waals surface area (Å²) in [5.41, 5.74) is 2.34. The SMILES string of the molecule is CCc1ccc(C(=O)/C=C/c2ccc(COc3cc(C)cc(C)c3)o2)s1. The molecule has 0 amide bonds. The van der Waals surface area contributed by atoms with Crippen molar-refractivity contribution in [2.24, 2.45) is 0 Å². The summed E-state index contributed by atoms with van der Waals surface area (Å²) in [6.45, 7) is 6.53. The topological polar surface area (TPSA) is 39.4 Å². The summed E-state index contributed by atoms with van der Waals surface area (Å²) in [7, 11) is 0. The summed E-state index contributed by atoms with van der Waals surface area (Å²) < 4.78 is 11.5. The molecule has 0 bridgehead atoms. The zero-order valence-electron chi connectivity index (χ0n) is 15.2. The van der Waals surface area contributed by atoms with E-state index in [1.165, 1.54) is 27.3 Å². The van der Waals surface area contributed by atoms with E-state index in [0.717, 1.165) is 22.8 Å². The lowest BCUT2D eigenvalue weighted by atomic mass is 10.1. The van der Waals surface area contributed by atoms with Gasteiger partial charge in [-0.25, -0.2) is 0 Å². The predicted molar refractivity (Wildman–Crippen MR) is 106 cm³/mol. The van der Waals surface area contributed by atoms with E-state index in [1.807, 2.05) is 50.2 Å². The first-order valence-electron chi connectivity index (χ1n) is 8.64. The standard InChI is InChI=1S/C22H22O3S/c1-4-20-8-10-22(26-20)21(23)9-7-17-5-6-18(25-17)14-24-19-12-15(2)11-16(3)13-19/h5-13H,4,14H2,1-3H3/b9-7+. The molecule has 3 rings (SSSR count). The third kappa shape index (κ3) is 4.73. The molecule has 0 spiro atoms. The van der Waals surface area contributed by atoms with Crippen molar-refractivity contribution >= 4 is 23.2 Å². The van der Waals surface area contributed by atoms with Gasteiger partial charge in [0.2, 0.25) is 0 Å². The Morgan fingerprint density at radius 1 is 1.12 bits per heavy atom. The van der Waals surface area contributed by atoms with Gasteiger partial charge in [-0.2, -0.15) is 0 Å².